The number of hydrogen-bond donors (Lipinski definition) is 0. The van der Waals surface area contributed by atoms with E-state index in [4.69, 9.17) is 14.2 Å². The van der Waals surface area contributed by atoms with Crippen LogP contribution >= 0.6 is 0 Å². The van der Waals surface area contributed by atoms with Gasteiger partial charge in [-0.1, -0.05) is 63.8 Å². The average Bonchev–Trinajstić information content (AvgIpc) is 2.77. The minimum Gasteiger partial charge on any atom is -0.490 e. The van der Waals surface area contributed by atoms with Gasteiger partial charge in [-0.05, 0) is 39.2 Å². The molecule has 0 heterocycles. The summed E-state index contributed by atoms with van der Waals surface area (Å²) in [5.74, 6) is -0.134. The van der Waals surface area contributed by atoms with Gasteiger partial charge in [-0.2, -0.15) is 0 Å². The molecule has 0 aliphatic carbocycles. The van der Waals surface area contributed by atoms with Gasteiger partial charge >= 0.3 is 12.1 Å². The van der Waals surface area contributed by atoms with Crippen molar-refractivity contribution in [3.8, 4) is 0 Å². The molecular weight excluding hydrogens is 418 g/mol. The molecule has 184 valence electrons. The quantitative estimate of drug-likeness (QED) is 0.209. The number of carbonyl (C=O) groups is 2. The van der Waals surface area contributed by atoms with Gasteiger partial charge in [0.1, 0.15) is 17.7 Å². The first-order valence-corrected chi connectivity index (χ1v) is 11.6. The molecule has 0 spiro atoms. The maximum atomic E-state index is 12.9. The average molecular weight is 460 g/mol. The zero-order valence-electron chi connectivity index (χ0n) is 21.3. The molecule has 33 heavy (non-hydrogen) atoms. The Morgan fingerprint density at radius 2 is 1.76 bits per heavy atom. The van der Waals surface area contributed by atoms with Gasteiger partial charge in [0.15, 0.2) is 0 Å². The fourth-order valence-corrected chi connectivity index (χ4v) is 3.41. The maximum Gasteiger partial charge on any atom is 0.411 e. The van der Waals surface area contributed by atoms with Crippen LogP contribution in [0, 0.1) is 11.8 Å². The van der Waals surface area contributed by atoms with Crippen molar-refractivity contribution in [3.63, 3.8) is 0 Å². The van der Waals surface area contributed by atoms with Crippen LogP contribution in [0.5, 0.6) is 0 Å². The summed E-state index contributed by atoms with van der Waals surface area (Å²) < 4.78 is 16.9. The molecule has 1 unspecified atom stereocenters. The van der Waals surface area contributed by atoms with Crippen LogP contribution in [0.3, 0.4) is 0 Å². The highest BCUT2D eigenvalue weighted by molar-refractivity contribution is 5.81. The van der Waals surface area contributed by atoms with Crippen molar-refractivity contribution in [1.29, 1.82) is 0 Å². The van der Waals surface area contributed by atoms with Crippen LogP contribution in [0.15, 0.2) is 55.3 Å². The lowest BCUT2D eigenvalue weighted by Crippen LogP contribution is -2.48. The van der Waals surface area contributed by atoms with Crippen molar-refractivity contribution in [2.24, 2.45) is 11.8 Å². The Hall–Kier alpha value is -2.76. The molecule has 0 aromatic heterocycles. The van der Waals surface area contributed by atoms with Gasteiger partial charge in [0, 0.05) is 18.4 Å². The van der Waals surface area contributed by atoms with Gasteiger partial charge in [-0.25, -0.2) is 9.59 Å². The lowest BCUT2D eigenvalue weighted by atomic mass is 9.95. The molecule has 1 rings (SSSR count). The Balaban J connectivity index is 3.09. The third kappa shape index (κ3) is 8.95. The fraction of sp³-hybridized carbons (Fsp3) is 0.556. The number of nitrogens with zero attached hydrogens (tertiary/aromatic N) is 1. The Morgan fingerprint density at radius 1 is 1.15 bits per heavy atom. The summed E-state index contributed by atoms with van der Waals surface area (Å²) in [6.07, 6.45) is 2.02. The van der Waals surface area contributed by atoms with Gasteiger partial charge in [-0.15, -0.1) is 6.58 Å². The van der Waals surface area contributed by atoms with Crippen molar-refractivity contribution in [2.45, 2.75) is 72.1 Å². The van der Waals surface area contributed by atoms with Gasteiger partial charge in [-0.3, -0.25) is 4.90 Å². The molecule has 0 aliphatic heterocycles. The van der Waals surface area contributed by atoms with E-state index in [1.165, 1.54) is 12.0 Å². The standard InChI is InChI=1S/C27H41NO5/c1-10-17-28(26(30)33-27(6,7)8)23(25(29)31-9)18-20(4)21(5)32-24(19(3)11-2)22-15-13-12-14-16-22/h11-16,19-20,23-24H,2,5,10,17-18H2,1,3-4,6-9H3/t19-,20?,23+,24-/m1/s1. The van der Waals surface area contributed by atoms with Crippen LogP contribution < -0.4 is 0 Å². The number of ether oxygens (including phenoxy) is 3. The van der Waals surface area contributed by atoms with Crippen LogP contribution in [0.25, 0.3) is 0 Å². The summed E-state index contributed by atoms with van der Waals surface area (Å²) >= 11 is 0. The zero-order chi connectivity index (χ0) is 25.2. The number of allylic oxidation sites excluding steroid dienone is 1. The Labute approximate surface area is 199 Å². The van der Waals surface area contributed by atoms with E-state index in [2.05, 4.69) is 13.2 Å². The molecule has 0 saturated heterocycles. The van der Waals surface area contributed by atoms with Gasteiger partial charge < -0.3 is 14.2 Å². The van der Waals surface area contributed by atoms with E-state index in [-0.39, 0.29) is 17.9 Å². The highest BCUT2D eigenvalue weighted by atomic mass is 16.6. The van der Waals surface area contributed by atoms with Crippen LogP contribution in [0.1, 0.15) is 66.1 Å². The zero-order valence-corrected chi connectivity index (χ0v) is 21.3. The molecular formula is C27H41NO5. The normalized spacial score (nSPS) is 14.9. The number of esters is 1. The minimum absolute atomic E-state index is 0.0473. The smallest absolute Gasteiger partial charge is 0.411 e. The highest BCUT2D eigenvalue weighted by Crippen LogP contribution is 2.32. The molecule has 0 aliphatic rings. The third-order valence-electron chi connectivity index (χ3n) is 5.32. The van der Waals surface area contributed by atoms with Gasteiger partial charge in [0.05, 0.1) is 12.9 Å². The summed E-state index contributed by atoms with van der Waals surface area (Å²) in [7, 11) is 1.32. The number of methoxy groups -OCH3 is 1. The van der Waals surface area contributed by atoms with E-state index < -0.39 is 23.7 Å². The van der Waals surface area contributed by atoms with E-state index in [1.54, 1.807) is 20.8 Å². The van der Waals surface area contributed by atoms with Crippen molar-refractivity contribution >= 4 is 12.1 Å². The van der Waals surface area contributed by atoms with E-state index in [9.17, 15) is 9.59 Å². The van der Waals surface area contributed by atoms with E-state index in [0.717, 1.165) is 5.56 Å². The van der Waals surface area contributed by atoms with Gasteiger partial charge in [0.25, 0.3) is 0 Å². The van der Waals surface area contributed by atoms with Crippen LogP contribution in [-0.4, -0.2) is 42.3 Å². The first kappa shape index (κ1) is 28.3. The largest absolute Gasteiger partial charge is 0.490 e. The lowest BCUT2D eigenvalue weighted by Gasteiger charge is -2.34. The Kier molecular flexibility index (Phi) is 11.2. The molecule has 0 N–H and O–H groups in total. The number of rotatable bonds is 12. The maximum absolute atomic E-state index is 12.9. The number of amides is 1. The van der Waals surface area contributed by atoms with Crippen LogP contribution in [0.2, 0.25) is 0 Å². The Bertz CT molecular complexity index is 783. The third-order valence-corrected chi connectivity index (χ3v) is 5.32. The highest BCUT2D eigenvalue weighted by Gasteiger charge is 2.35. The first-order valence-electron chi connectivity index (χ1n) is 11.6. The second-order valence-corrected chi connectivity index (χ2v) is 9.36. The summed E-state index contributed by atoms with van der Waals surface area (Å²) in [4.78, 5) is 27.0. The fourth-order valence-electron chi connectivity index (χ4n) is 3.41. The van der Waals surface area contributed by atoms with Crippen molar-refractivity contribution in [1.82, 2.24) is 4.90 Å². The monoisotopic (exact) mass is 459 g/mol. The van der Waals surface area contributed by atoms with Gasteiger partial charge in [0.2, 0.25) is 0 Å². The van der Waals surface area contributed by atoms with Crippen LogP contribution in [-0.2, 0) is 19.0 Å². The summed E-state index contributed by atoms with van der Waals surface area (Å²) in [5.41, 5.74) is 0.343. The second kappa shape index (κ2) is 13.1. The SMILES string of the molecule is C=C[C@@H](C)[C@@H](OC(=C)C(C)C[C@@H](C(=O)OC)N(CCC)C(=O)OC(C)(C)C)c1ccccc1. The van der Waals surface area contributed by atoms with E-state index in [1.807, 2.05) is 57.2 Å². The number of hydrogen-bond acceptors (Lipinski definition) is 5. The molecule has 0 radical (unpaired) electrons. The molecule has 6 nitrogen and oxygen atoms in total. The molecule has 1 aromatic carbocycles. The molecule has 0 bridgehead atoms. The first-order chi connectivity index (χ1) is 15.4. The molecule has 0 fully saturated rings. The summed E-state index contributed by atoms with van der Waals surface area (Å²) in [6, 6.07) is 9.08. The second-order valence-electron chi connectivity index (χ2n) is 9.36. The van der Waals surface area contributed by atoms with E-state index in [0.29, 0.717) is 25.1 Å². The van der Waals surface area contributed by atoms with Crippen molar-refractivity contribution < 1.29 is 23.8 Å². The lowest BCUT2D eigenvalue weighted by molar-refractivity contribution is -0.147. The molecule has 0 saturated carbocycles. The minimum atomic E-state index is -0.813. The predicted molar refractivity (Wildman–Crippen MR) is 132 cm³/mol. The molecule has 4 atom stereocenters. The molecule has 6 heteroatoms. The molecule has 1 aromatic rings. The van der Waals surface area contributed by atoms with E-state index >= 15 is 0 Å². The van der Waals surface area contributed by atoms with Crippen molar-refractivity contribution in [2.75, 3.05) is 13.7 Å². The van der Waals surface area contributed by atoms with Crippen molar-refractivity contribution in [3.05, 3.63) is 60.9 Å². The number of benzene rings is 1. The summed E-state index contributed by atoms with van der Waals surface area (Å²) in [6.45, 7) is 19.7. The predicted octanol–water partition coefficient (Wildman–Crippen LogP) is 6.30. The number of carbonyl (C=O) groups excluding carboxylic acids is 2. The Morgan fingerprint density at radius 3 is 2.24 bits per heavy atom. The summed E-state index contributed by atoms with van der Waals surface area (Å²) in [5, 5.41) is 0. The topological polar surface area (TPSA) is 65.1 Å². The molecule has 1 amide bonds. The van der Waals surface area contributed by atoms with Crippen LogP contribution in [0.4, 0.5) is 4.79 Å².